The van der Waals surface area contributed by atoms with E-state index in [4.69, 9.17) is 0 Å². The van der Waals surface area contributed by atoms with Crippen LogP contribution in [0.15, 0.2) is 0 Å². The average Bonchev–Trinajstić information content (AvgIpc) is 3.28. The minimum absolute atomic E-state index is 0.0342. The molecule has 0 radical (unpaired) electrons. The highest BCUT2D eigenvalue weighted by Gasteiger charge is 2.48. The van der Waals surface area contributed by atoms with Gasteiger partial charge < -0.3 is 10.2 Å². The third kappa shape index (κ3) is 2.45. The summed E-state index contributed by atoms with van der Waals surface area (Å²) in [5.41, 5.74) is 0. The Labute approximate surface area is 125 Å². The summed E-state index contributed by atoms with van der Waals surface area (Å²) in [6.45, 7) is 1.88. The van der Waals surface area contributed by atoms with Crippen LogP contribution in [0.1, 0.15) is 45.4 Å². The van der Waals surface area contributed by atoms with E-state index < -0.39 is 0 Å². The highest BCUT2D eigenvalue weighted by molar-refractivity contribution is 7.99. The fourth-order valence-electron chi connectivity index (χ4n) is 3.68. The van der Waals surface area contributed by atoms with Crippen LogP contribution in [0.2, 0.25) is 0 Å². The number of rotatable bonds is 3. The summed E-state index contributed by atoms with van der Waals surface area (Å²) in [7, 11) is 0. The van der Waals surface area contributed by atoms with Gasteiger partial charge in [-0.1, -0.05) is 12.8 Å². The van der Waals surface area contributed by atoms with Crippen molar-refractivity contribution in [1.29, 1.82) is 0 Å². The summed E-state index contributed by atoms with van der Waals surface area (Å²) in [4.78, 5) is 27.0. The number of carbonyl (C=O) groups excluding carboxylic acids is 2. The molecular formula is C15H24N2O2S. The van der Waals surface area contributed by atoms with Crippen molar-refractivity contribution in [3.05, 3.63) is 0 Å². The summed E-state index contributed by atoms with van der Waals surface area (Å²) < 4.78 is 0. The van der Waals surface area contributed by atoms with Crippen LogP contribution >= 0.6 is 11.8 Å². The van der Waals surface area contributed by atoms with Crippen molar-refractivity contribution >= 4 is 23.6 Å². The van der Waals surface area contributed by atoms with E-state index in [9.17, 15) is 9.59 Å². The molecule has 4 atom stereocenters. The van der Waals surface area contributed by atoms with Crippen molar-refractivity contribution in [2.75, 3.05) is 6.26 Å². The van der Waals surface area contributed by atoms with Crippen molar-refractivity contribution in [2.24, 2.45) is 5.92 Å². The van der Waals surface area contributed by atoms with E-state index in [1.165, 1.54) is 12.8 Å². The molecule has 3 aliphatic rings. The Balaban J connectivity index is 1.83. The average molecular weight is 296 g/mol. The maximum atomic E-state index is 12.8. The molecule has 0 aromatic rings. The Bertz CT molecular complexity index is 411. The second-order valence-corrected chi connectivity index (χ2v) is 7.45. The molecule has 1 N–H and O–H groups in total. The first-order chi connectivity index (χ1) is 9.63. The summed E-state index contributed by atoms with van der Waals surface area (Å²) in [5.74, 6) is 0.593. The van der Waals surface area contributed by atoms with Gasteiger partial charge in [0.05, 0.1) is 0 Å². The lowest BCUT2D eigenvalue weighted by atomic mass is 9.90. The van der Waals surface area contributed by atoms with Crippen molar-refractivity contribution in [3.8, 4) is 0 Å². The van der Waals surface area contributed by atoms with Crippen LogP contribution < -0.4 is 5.32 Å². The number of hydrogen-bond donors (Lipinski definition) is 1. The molecule has 4 nitrogen and oxygen atoms in total. The highest BCUT2D eigenvalue weighted by Crippen LogP contribution is 2.38. The zero-order chi connectivity index (χ0) is 14.3. The van der Waals surface area contributed by atoms with Gasteiger partial charge in [-0.2, -0.15) is 11.8 Å². The lowest BCUT2D eigenvalue weighted by Gasteiger charge is -2.46. The molecule has 0 bridgehead atoms. The van der Waals surface area contributed by atoms with Gasteiger partial charge in [0.25, 0.3) is 0 Å². The first kappa shape index (κ1) is 14.2. The van der Waals surface area contributed by atoms with Crippen molar-refractivity contribution in [3.63, 3.8) is 0 Å². The zero-order valence-electron chi connectivity index (χ0n) is 12.3. The number of thioether (sulfide) groups is 1. The summed E-state index contributed by atoms with van der Waals surface area (Å²) >= 11 is 1.85. The molecular weight excluding hydrogens is 272 g/mol. The second kappa shape index (κ2) is 5.58. The third-order valence-electron chi connectivity index (χ3n) is 5.04. The molecule has 0 aromatic carbocycles. The Morgan fingerprint density at radius 1 is 1.15 bits per heavy atom. The minimum Gasteiger partial charge on any atom is -0.342 e. The Hall–Kier alpha value is -0.710. The van der Waals surface area contributed by atoms with Gasteiger partial charge >= 0.3 is 0 Å². The molecule has 112 valence electrons. The van der Waals surface area contributed by atoms with Crippen LogP contribution in [0.25, 0.3) is 0 Å². The molecule has 3 rings (SSSR count). The van der Waals surface area contributed by atoms with Crippen LogP contribution in [0, 0.1) is 5.92 Å². The topological polar surface area (TPSA) is 49.4 Å². The number of piperazine rings is 1. The van der Waals surface area contributed by atoms with E-state index in [0.717, 1.165) is 25.7 Å². The van der Waals surface area contributed by atoms with Crippen LogP contribution in [0.3, 0.4) is 0 Å². The monoisotopic (exact) mass is 296 g/mol. The molecule has 1 saturated heterocycles. The molecule has 0 spiro atoms. The Morgan fingerprint density at radius 2 is 1.85 bits per heavy atom. The lowest BCUT2D eigenvalue weighted by molar-refractivity contribution is -0.152. The van der Waals surface area contributed by atoms with Crippen LogP contribution in [0.4, 0.5) is 0 Å². The summed E-state index contributed by atoms with van der Waals surface area (Å²) in [5, 5.41) is 3.43. The van der Waals surface area contributed by atoms with E-state index in [0.29, 0.717) is 11.2 Å². The van der Waals surface area contributed by atoms with E-state index in [2.05, 4.69) is 11.6 Å². The predicted molar refractivity (Wildman–Crippen MR) is 80.5 cm³/mol. The molecule has 2 amide bonds. The molecule has 1 aliphatic heterocycles. The van der Waals surface area contributed by atoms with Gasteiger partial charge in [0.15, 0.2) is 0 Å². The third-order valence-corrected chi connectivity index (χ3v) is 6.19. The van der Waals surface area contributed by atoms with E-state index in [1.807, 2.05) is 23.6 Å². The quantitative estimate of drug-likeness (QED) is 0.864. The van der Waals surface area contributed by atoms with Crippen LogP contribution in [-0.2, 0) is 9.59 Å². The van der Waals surface area contributed by atoms with Gasteiger partial charge in [-0.15, -0.1) is 0 Å². The number of carbonyl (C=O) groups is 2. The standard InChI is InChI=1S/C15H24N2O2S/c1-9-14(18)16-13(10-7-8-10)15(19)17(9)11-5-3-4-6-12(11)20-2/h9-13H,3-8H2,1-2H3,(H,16,18). The SMILES string of the molecule is CSC1CCCCC1N1C(=O)C(C2CC2)NC(=O)C1C. The van der Waals surface area contributed by atoms with Crippen molar-refractivity contribution in [1.82, 2.24) is 10.2 Å². The number of nitrogens with zero attached hydrogens (tertiary/aromatic N) is 1. The van der Waals surface area contributed by atoms with E-state index >= 15 is 0 Å². The molecule has 0 aromatic heterocycles. The first-order valence-electron chi connectivity index (χ1n) is 7.79. The van der Waals surface area contributed by atoms with E-state index in [-0.39, 0.29) is 29.9 Å². The normalized spacial score (nSPS) is 38.8. The number of amides is 2. The van der Waals surface area contributed by atoms with Gasteiger partial charge in [0.2, 0.25) is 11.8 Å². The summed E-state index contributed by atoms with van der Waals surface area (Å²) in [6, 6.07) is -0.313. The largest absolute Gasteiger partial charge is 0.342 e. The summed E-state index contributed by atoms with van der Waals surface area (Å²) in [6.07, 6.45) is 8.92. The maximum Gasteiger partial charge on any atom is 0.246 e. The van der Waals surface area contributed by atoms with Gasteiger partial charge in [-0.3, -0.25) is 9.59 Å². The highest BCUT2D eigenvalue weighted by atomic mass is 32.2. The predicted octanol–water partition coefficient (Wildman–Crippen LogP) is 1.79. The van der Waals surface area contributed by atoms with Gasteiger partial charge in [0.1, 0.15) is 12.1 Å². The zero-order valence-corrected chi connectivity index (χ0v) is 13.1. The molecule has 4 unspecified atom stereocenters. The van der Waals surface area contributed by atoms with Crippen LogP contribution in [0.5, 0.6) is 0 Å². The minimum atomic E-state index is -0.310. The van der Waals surface area contributed by atoms with Crippen LogP contribution in [-0.4, -0.2) is 46.3 Å². The fraction of sp³-hybridized carbons (Fsp3) is 0.867. The maximum absolute atomic E-state index is 12.8. The number of hydrogen-bond acceptors (Lipinski definition) is 3. The first-order valence-corrected chi connectivity index (χ1v) is 9.07. The van der Waals surface area contributed by atoms with Gasteiger partial charge in [0, 0.05) is 11.3 Å². The Morgan fingerprint density at radius 3 is 2.50 bits per heavy atom. The van der Waals surface area contributed by atoms with E-state index in [1.54, 1.807) is 0 Å². The van der Waals surface area contributed by atoms with Gasteiger partial charge in [-0.25, -0.2) is 0 Å². The molecule has 3 fully saturated rings. The molecule has 2 aliphatic carbocycles. The molecule has 20 heavy (non-hydrogen) atoms. The Kier molecular flexibility index (Phi) is 3.98. The molecule has 2 saturated carbocycles. The molecule has 1 heterocycles. The molecule has 5 heteroatoms. The second-order valence-electron chi connectivity index (χ2n) is 6.37. The van der Waals surface area contributed by atoms with Gasteiger partial charge in [-0.05, 0) is 44.8 Å². The fourth-order valence-corrected chi connectivity index (χ4v) is 4.67. The number of nitrogens with one attached hydrogen (secondary N) is 1. The lowest BCUT2D eigenvalue weighted by Crippen LogP contribution is -2.67. The smallest absolute Gasteiger partial charge is 0.246 e. The van der Waals surface area contributed by atoms with Crippen molar-refractivity contribution < 1.29 is 9.59 Å². The van der Waals surface area contributed by atoms with Crippen molar-refractivity contribution in [2.45, 2.75) is 68.8 Å².